The van der Waals surface area contributed by atoms with Gasteiger partial charge in [-0.25, -0.2) is 0 Å². The SMILES string of the molecule is CCCCCOc1ccc(-c2ccc(B(C)C)cc2)cc1. The van der Waals surface area contributed by atoms with Crippen LogP contribution in [0.1, 0.15) is 26.2 Å². The van der Waals surface area contributed by atoms with E-state index in [9.17, 15) is 0 Å². The van der Waals surface area contributed by atoms with Crippen LogP contribution in [0.4, 0.5) is 0 Å². The second kappa shape index (κ2) is 7.92. The lowest BCUT2D eigenvalue weighted by Crippen LogP contribution is -2.21. The molecule has 0 bridgehead atoms. The number of hydrogen-bond acceptors (Lipinski definition) is 1. The lowest BCUT2D eigenvalue weighted by Gasteiger charge is -2.08. The van der Waals surface area contributed by atoms with E-state index in [1.54, 1.807) is 0 Å². The quantitative estimate of drug-likeness (QED) is 0.518. The number of benzene rings is 2. The Morgan fingerprint density at radius 3 is 1.90 bits per heavy atom. The summed E-state index contributed by atoms with van der Waals surface area (Å²) < 4.78 is 5.75. The Morgan fingerprint density at radius 2 is 1.38 bits per heavy atom. The van der Waals surface area contributed by atoms with E-state index in [-0.39, 0.29) is 0 Å². The monoisotopic (exact) mass is 280 g/mol. The molecule has 0 atom stereocenters. The molecule has 110 valence electrons. The van der Waals surface area contributed by atoms with Gasteiger partial charge in [0.05, 0.1) is 6.61 Å². The lowest BCUT2D eigenvalue weighted by molar-refractivity contribution is 0.306. The average molecular weight is 280 g/mol. The molecule has 0 aliphatic heterocycles. The van der Waals surface area contributed by atoms with Gasteiger partial charge in [0.1, 0.15) is 5.75 Å². The van der Waals surface area contributed by atoms with E-state index in [1.807, 2.05) is 0 Å². The van der Waals surface area contributed by atoms with Gasteiger partial charge in [-0.3, -0.25) is 0 Å². The van der Waals surface area contributed by atoms with Crippen molar-refractivity contribution in [2.45, 2.75) is 39.8 Å². The molecular weight excluding hydrogens is 255 g/mol. The third-order valence-corrected chi connectivity index (χ3v) is 3.78. The summed E-state index contributed by atoms with van der Waals surface area (Å²) in [7, 11) is 0. The highest BCUT2D eigenvalue weighted by molar-refractivity contribution is 6.70. The molecule has 2 aromatic rings. The van der Waals surface area contributed by atoms with Crippen LogP contribution in [0.3, 0.4) is 0 Å². The Labute approximate surface area is 129 Å². The Hall–Kier alpha value is -1.70. The van der Waals surface area contributed by atoms with Crippen molar-refractivity contribution in [3.63, 3.8) is 0 Å². The van der Waals surface area contributed by atoms with Crippen LogP contribution in [-0.2, 0) is 0 Å². The predicted octanol–water partition coefficient (Wildman–Crippen LogP) is 4.88. The fraction of sp³-hybridized carbons (Fsp3) is 0.368. The van der Waals surface area contributed by atoms with Crippen LogP contribution < -0.4 is 10.2 Å². The van der Waals surface area contributed by atoms with Gasteiger partial charge in [-0.05, 0) is 29.7 Å². The Morgan fingerprint density at radius 1 is 0.810 bits per heavy atom. The third-order valence-electron chi connectivity index (χ3n) is 3.78. The van der Waals surface area contributed by atoms with Crippen LogP contribution in [0.5, 0.6) is 5.75 Å². The van der Waals surface area contributed by atoms with E-state index < -0.39 is 0 Å². The molecule has 0 unspecified atom stereocenters. The maximum atomic E-state index is 5.75. The molecule has 0 aliphatic rings. The van der Waals surface area contributed by atoms with Crippen molar-refractivity contribution >= 4 is 12.2 Å². The third kappa shape index (κ3) is 4.66. The van der Waals surface area contributed by atoms with Crippen molar-refractivity contribution in [3.05, 3.63) is 48.5 Å². The van der Waals surface area contributed by atoms with Gasteiger partial charge in [0.25, 0.3) is 0 Å². The summed E-state index contributed by atoms with van der Waals surface area (Å²) in [6.07, 6.45) is 3.60. The summed E-state index contributed by atoms with van der Waals surface area (Å²) >= 11 is 0. The average Bonchev–Trinajstić information content (AvgIpc) is 2.52. The molecule has 0 saturated carbocycles. The maximum Gasteiger partial charge on any atom is 0.169 e. The molecular formula is C19H25BO. The van der Waals surface area contributed by atoms with Crippen molar-refractivity contribution in [2.75, 3.05) is 6.61 Å². The molecule has 0 radical (unpaired) electrons. The molecule has 0 amide bonds. The second-order valence-corrected chi connectivity index (χ2v) is 5.86. The highest BCUT2D eigenvalue weighted by Crippen LogP contribution is 2.22. The summed E-state index contributed by atoms with van der Waals surface area (Å²) in [5.74, 6) is 0.966. The predicted molar refractivity (Wildman–Crippen MR) is 94.0 cm³/mol. The topological polar surface area (TPSA) is 9.23 Å². The molecule has 1 nitrogen and oxygen atoms in total. The molecule has 0 aromatic heterocycles. The summed E-state index contributed by atoms with van der Waals surface area (Å²) in [6.45, 7) is 8.05. The minimum atomic E-state index is 0.581. The van der Waals surface area contributed by atoms with Crippen molar-refractivity contribution in [1.29, 1.82) is 0 Å². The first-order chi connectivity index (χ1) is 10.2. The first-order valence-corrected chi connectivity index (χ1v) is 8.04. The molecule has 2 heteroatoms. The molecule has 0 aliphatic carbocycles. The van der Waals surface area contributed by atoms with E-state index in [1.165, 1.54) is 29.4 Å². The fourth-order valence-corrected chi connectivity index (χ4v) is 2.35. The standard InChI is InChI=1S/C19H25BO/c1-4-5-6-15-21-19-13-9-17(10-14-19)16-7-11-18(12-8-16)20(2)3/h7-14H,4-6,15H2,1-3H3. The number of ether oxygens (including phenoxy) is 1. The Bertz CT molecular complexity index is 528. The minimum absolute atomic E-state index is 0.581. The zero-order valence-corrected chi connectivity index (χ0v) is 13.4. The first-order valence-electron chi connectivity index (χ1n) is 8.04. The zero-order chi connectivity index (χ0) is 15.1. The molecule has 0 spiro atoms. The largest absolute Gasteiger partial charge is 0.494 e. The minimum Gasteiger partial charge on any atom is -0.494 e. The van der Waals surface area contributed by atoms with Crippen molar-refractivity contribution in [2.24, 2.45) is 0 Å². The smallest absolute Gasteiger partial charge is 0.169 e. The normalized spacial score (nSPS) is 10.4. The molecule has 0 N–H and O–H groups in total. The van der Waals surface area contributed by atoms with Crippen molar-refractivity contribution < 1.29 is 4.74 Å². The van der Waals surface area contributed by atoms with Gasteiger partial charge in [0.15, 0.2) is 6.71 Å². The summed E-state index contributed by atoms with van der Waals surface area (Å²) in [5, 5.41) is 0. The second-order valence-electron chi connectivity index (χ2n) is 5.86. The van der Waals surface area contributed by atoms with Crippen LogP contribution >= 0.6 is 0 Å². The van der Waals surface area contributed by atoms with E-state index in [0.29, 0.717) is 6.71 Å². The summed E-state index contributed by atoms with van der Waals surface area (Å²) in [6, 6.07) is 17.2. The molecule has 2 aromatic carbocycles. The Balaban J connectivity index is 1.98. The molecule has 0 heterocycles. The highest BCUT2D eigenvalue weighted by atomic mass is 16.5. The Kier molecular flexibility index (Phi) is 5.92. The zero-order valence-electron chi connectivity index (χ0n) is 13.4. The van der Waals surface area contributed by atoms with Gasteiger partial charge in [-0.2, -0.15) is 0 Å². The van der Waals surface area contributed by atoms with Gasteiger partial charge in [0, 0.05) is 0 Å². The number of unbranched alkanes of at least 4 members (excludes halogenated alkanes) is 2. The van der Waals surface area contributed by atoms with Gasteiger partial charge >= 0.3 is 0 Å². The van der Waals surface area contributed by atoms with E-state index in [0.717, 1.165) is 18.8 Å². The van der Waals surface area contributed by atoms with E-state index in [4.69, 9.17) is 4.74 Å². The van der Waals surface area contributed by atoms with Crippen LogP contribution in [-0.4, -0.2) is 13.3 Å². The number of hydrogen-bond donors (Lipinski definition) is 0. The highest BCUT2D eigenvalue weighted by Gasteiger charge is 2.03. The summed E-state index contributed by atoms with van der Waals surface area (Å²) in [5.41, 5.74) is 3.89. The van der Waals surface area contributed by atoms with Gasteiger partial charge < -0.3 is 4.74 Å². The van der Waals surface area contributed by atoms with Crippen LogP contribution in [0.25, 0.3) is 11.1 Å². The number of rotatable bonds is 7. The van der Waals surface area contributed by atoms with Gasteiger partial charge in [0.2, 0.25) is 0 Å². The van der Waals surface area contributed by atoms with Gasteiger partial charge in [-0.15, -0.1) is 0 Å². The summed E-state index contributed by atoms with van der Waals surface area (Å²) in [4.78, 5) is 0. The van der Waals surface area contributed by atoms with E-state index in [2.05, 4.69) is 69.1 Å². The molecule has 2 rings (SSSR count). The lowest BCUT2D eigenvalue weighted by atomic mass is 9.49. The van der Waals surface area contributed by atoms with Crippen LogP contribution in [0.15, 0.2) is 48.5 Å². The van der Waals surface area contributed by atoms with Crippen LogP contribution in [0, 0.1) is 0 Å². The van der Waals surface area contributed by atoms with Crippen molar-refractivity contribution in [3.8, 4) is 16.9 Å². The molecule has 0 fully saturated rings. The van der Waals surface area contributed by atoms with Crippen molar-refractivity contribution in [1.82, 2.24) is 0 Å². The maximum absolute atomic E-state index is 5.75. The molecule has 0 saturated heterocycles. The van der Waals surface area contributed by atoms with Crippen LogP contribution in [0.2, 0.25) is 13.6 Å². The fourth-order valence-electron chi connectivity index (χ4n) is 2.35. The first kappa shape index (κ1) is 15.7. The van der Waals surface area contributed by atoms with E-state index >= 15 is 0 Å². The van der Waals surface area contributed by atoms with Gasteiger partial charge in [-0.1, -0.05) is 75.3 Å². The molecule has 21 heavy (non-hydrogen) atoms.